The van der Waals surface area contributed by atoms with E-state index < -0.39 is 17.7 Å². The fourth-order valence-corrected chi connectivity index (χ4v) is 1.57. The quantitative estimate of drug-likeness (QED) is 0.873. The van der Waals surface area contributed by atoms with Crippen LogP contribution in [0.5, 0.6) is 0 Å². The number of methoxy groups -OCH3 is 1. The first kappa shape index (κ1) is 14.7. The smallest absolute Gasteiger partial charge is 0.335 e. The van der Waals surface area contributed by atoms with Crippen molar-refractivity contribution in [2.75, 3.05) is 12.4 Å². The lowest BCUT2D eigenvalue weighted by Crippen LogP contribution is -2.13. The molecule has 1 aromatic heterocycles. The number of aromatic nitrogens is 1. The molecule has 1 aromatic carbocycles. The van der Waals surface area contributed by atoms with Crippen LogP contribution in [0.2, 0.25) is 0 Å². The van der Waals surface area contributed by atoms with Crippen molar-refractivity contribution in [2.45, 2.75) is 6.61 Å². The second-order valence-electron chi connectivity index (χ2n) is 4.07. The van der Waals surface area contributed by atoms with Gasteiger partial charge in [0.05, 0.1) is 11.3 Å². The van der Waals surface area contributed by atoms with Crippen LogP contribution in [-0.2, 0) is 11.3 Å². The minimum Gasteiger partial charge on any atom is -0.478 e. The molecule has 0 unspecified atom stereocenters. The first-order chi connectivity index (χ1) is 10.0. The summed E-state index contributed by atoms with van der Waals surface area (Å²) in [5, 5.41) is 14.5. The zero-order valence-electron chi connectivity index (χ0n) is 10.9. The molecule has 7 nitrogen and oxygen atoms in total. The fraction of sp³-hybridized carbons (Fsp3) is 0.154. The molecule has 2 N–H and O–H groups in total. The van der Waals surface area contributed by atoms with Crippen LogP contribution in [0, 0.1) is 5.82 Å². The highest BCUT2D eigenvalue weighted by molar-refractivity contribution is 6.03. The predicted molar refractivity (Wildman–Crippen MR) is 68.5 cm³/mol. The lowest BCUT2D eigenvalue weighted by Gasteiger charge is -2.05. The van der Waals surface area contributed by atoms with E-state index in [1.165, 1.54) is 19.2 Å². The lowest BCUT2D eigenvalue weighted by atomic mass is 10.2. The van der Waals surface area contributed by atoms with Gasteiger partial charge in [0.1, 0.15) is 12.4 Å². The van der Waals surface area contributed by atoms with E-state index in [2.05, 4.69) is 10.5 Å². The third-order valence-electron chi connectivity index (χ3n) is 2.54. The number of hydrogen-bond acceptors (Lipinski definition) is 5. The van der Waals surface area contributed by atoms with Crippen LogP contribution in [-0.4, -0.2) is 29.2 Å². The molecule has 2 rings (SSSR count). The first-order valence-corrected chi connectivity index (χ1v) is 5.80. The summed E-state index contributed by atoms with van der Waals surface area (Å²) < 4.78 is 23.3. The Morgan fingerprint density at radius 3 is 2.81 bits per heavy atom. The number of carboxylic acids is 1. The Labute approximate surface area is 118 Å². The predicted octanol–water partition coefficient (Wildman–Crippen LogP) is 1.91. The highest BCUT2D eigenvalue weighted by atomic mass is 19.1. The number of carboxylic acid groups (broad SMARTS) is 1. The van der Waals surface area contributed by atoms with Crippen LogP contribution in [0.15, 0.2) is 28.8 Å². The molecule has 0 spiro atoms. The molecular formula is C13H11FN2O5. The molecule has 0 saturated carbocycles. The van der Waals surface area contributed by atoms with Gasteiger partial charge in [-0.1, -0.05) is 5.16 Å². The van der Waals surface area contributed by atoms with E-state index in [1.807, 2.05) is 0 Å². The molecule has 8 heteroatoms. The number of halogens is 1. The second-order valence-corrected chi connectivity index (χ2v) is 4.07. The minimum absolute atomic E-state index is 0.0382. The summed E-state index contributed by atoms with van der Waals surface area (Å²) in [5.41, 5.74) is -0.403. The van der Waals surface area contributed by atoms with E-state index in [0.717, 1.165) is 12.1 Å². The number of ether oxygens (including phenoxy) is 1. The van der Waals surface area contributed by atoms with Crippen LogP contribution >= 0.6 is 0 Å². The Bertz CT molecular complexity index is 683. The summed E-state index contributed by atoms with van der Waals surface area (Å²) in [5.74, 6) is -2.44. The molecule has 0 radical (unpaired) electrons. The maximum absolute atomic E-state index is 13.7. The fourth-order valence-electron chi connectivity index (χ4n) is 1.57. The highest BCUT2D eigenvalue weighted by Gasteiger charge is 2.15. The zero-order chi connectivity index (χ0) is 15.4. The van der Waals surface area contributed by atoms with Gasteiger partial charge < -0.3 is 19.7 Å². The molecule has 1 heterocycles. The third kappa shape index (κ3) is 3.42. The van der Waals surface area contributed by atoms with Gasteiger partial charge in [0, 0.05) is 13.2 Å². The van der Waals surface area contributed by atoms with Crippen molar-refractivity contribution in [3.05, 3.63) is 47.1 Å². The average molecular weight is 294 g/mol. The van der Waals surface area contributed by atoms with Gasteiger partial charge >= 0.3 is 5.97 Å². The van der Waals surface area contributed by atoms with Crippen molar-refractivity contribution < 1.29 is 28.3 Å². The number of nitrogens with zero attached hydrogens (tertiary/aromatic N) is 1. The molecule has 0 aliphatic rings. The van der Waals surface area contributed by atoms with E-state index in [1.54, 1.807) is 0 Å². The molecule has 110 valence electrons. The molecule has 0 atom stereocenters. The van der Waals surface area contributed by atoms with Crippen LogP contribution in [0.3, 0.4) is 0 Å². The Balaban J connectivity index is 2.13. The number of hydrogen-bond donors (Lipinski definition) is 2. The van der Waals surface area contributed by atoms with E-state index in [0.29, 0.717) is 5.76 Å². The van der Waals surface area contributed by atoms with Gasteiger partial charge in [-0.15, -0.1) is 0 Å². The van der Waals surface area contributed by atoms with E-state index in [-0.39, 0.29) is 23.6 Å². The summed E-state index contributed by atoms with van der Waals surface area (Å²) >= 11 is 0. The monoisotopic (exact) mass is 294 g/mol. The van der Waals surface area contributed by atoms with Crippen molar-refractivity contribution in [1.82, 2.24) is 5.16 Å². The number of carbonyl (C=O) groups excluding carboxylic acids is 1. The van der Waals surface area contributed by atoms with Gasteiger partial charge in [-0.2, -0.15) is 0 Å². The van der Waals surface area contributed by atoms with Gasteiger partial charge in [0.2, 0.25) is 0 Å². The Morgan fingerprint density at radius 2 is 2.19 bits per heavy atom. The molecule has 0 saturated heterocycles. The topological polar surface area (TPSA) is 102 Å². The first-order valence-electron chi connectivity index (χ1n) is 5.80. The molecule has 0 bridgehead atoms. The van der Waals surface area contributed by atoms with Crippen molar-refractivity contribution >= 4 is 17.6 Å². The van der Waals surface area contributed by atoms with Crippen LogP contribution in [0.1, 0.15) is 26.6 Å². The number of benzene rings is 1. The van der Waals surface area contributed by atoms with Crippen LogP contribution in [0.25, 0.3) is 0 Å². The number of carbonyl (C=O) groups is 2. The number of anilines is 1. The van der Waals surface area contributed by atoms with Crippen molar-refractivity contribution in [1.29, 1.82) is 0 Å². The number of aromatic carboxylic acids is 1. The molecule has 1 amide bonds. The Kier molecular flexibility index (Phi) is 4.29. The van der Waals surface area contributed by atoms with Crippen molar-refractivity contribution in [3.8, 4) is 0 Å². The van der Waals surface area contributed by atoms with Crippen molar-refractivity contribution in [3.63, 3.8) is 0 Å². The second kappa shape index (κ2) is 6.14. The van der Waals surface area contributed by atoms with Crippen LogP contribution in [0.4, 0.5) is 10.1 Å². The third-order valence-corrected chi connectivity index (χ3v) is 2.54. The Hall–Kier alpha value is -2.74. The Morgan fingerprint density at radius 1 is 1.43 bits per heavy atom. The summed E-state index contributed by atoms with van der Waals surface area (Å²) in [6.07, 6.45) is 0. The summed E-state index contributed by atoms with van der Waals surface area (Å²) in [6.45, 7) is 0.155. The number of amides is 1. The van der Waals surface area contributed by atoms with E-state index in [4.69, 9.17) is 14.4 Å². The molecule has 0 fully saturated rings. The number of nitrogens with one attached hydrogen (secondary N) is 1. The average Bonchev–Trinajstić information content (AvgIpc) is 2.90. The van der Waals surface area contributed by atoms with Crippen molar-refractivity contribution in [2.24, 2.45) is 0 Å². The maximum Gasteiger partial charge on any atom is 0.335 e. The molecular weight excluding hydrogens is 283 g/mol. The largest absolute Gasteiger partial charge is 0.478 e. The number of rotatable bonds is 5. The van der Waals surface area contributed by atoms with E-state index in [9.17, 15) is 14.0 Å². The maximum atomic E-state index is 13.7. The summed E-state index contributed by atoms with van der Waals surface area (Å²) in [4.78, 5) is 22.5. The van der Waals surface area contributed by atoms with Gasteiger partial charge in [0.25, 0.3) is 5.91 Å². The SMILES string of the molecule is COCc1cc(C(=O)Nc2ccc(C(=O)O)cc2F)no1. The molecule has 2 aromatic rings. The summed E-state index contributed by atoms with van der Waals surface area (Å²) in [6, 6.07) is 4.52. The van der Waals surface area contributed by atoms with Gasteiger partial charge in [-0.05, 0) is 18.2 Å². The van der Waals surface area contributed by atoms with Gasteiger partial charge in [-0.3, -0.25) is 4.79 Å². The van der Waals surface area contributed by atoms with Crippen LogP contribution < -0.4 is 5.32 Å². The normalized spacial score (nSPS) is 10.4. The lowest BCUT2D eigenvalue weighted by molar-refractivity contribution is 0.0696. The van der Waals surface area contributed by atoms with Gasteiger partial charge in [-0.25, -0.2) is 9.18 Å². The van der Waals surface area contributed by atoms with E-state index >= 15 is 0 Å². The standard InChI is InChI=1S/C13H11FN2O5/c1-20-6-8-5-11(16-21-8)12(17)15-10-3-2-7(13(18)19)4-9(10)14/h2-5H,6H2,1H3,(H,15,17)(H,18,19). The van der Waals surface area contributed by atoms with Gasteiger partial charge in [0.15, 0.2) is 11.5 Å². The molecule has 0 aliphatic carbocycles. The molecule has 0 aliphatic heterocycles. The zero-order valence-corrected chi connectivity index (χ0v) is 10.9. The molecule has 21 heavy (non-hydrogen) atoms. The minimum atomic E-state index is -1.26. The highest BCUT2D eigenvalue weighted by Crippen LogP contribution is 2.17. The summed E-state index contributed by atoms with van der Waals surface area (Å²) in [7, 11) is 1.46.